The van der Waals surface area contributed by atoms with E-state index in [2.05, 4.69) is 24.6 Å². The summed E-state index contributed by atoms with van der Waals surface area (Å²) in [6.45, 7) is 7.72. The predicted molar refractivity (Wildman–Crippen MR) is 74.2 cm³/mol. The van der Waals surface area contributed by atoms with Gasteiger partial charge in [0.2, 0.25) is 0 Å². The van der Waals surface area contributed by atoms with Crippen LogP contribution in [0.5, 0.6) is 0 Å². The summed E-state index contributed by atoms with van der Waals surface area (Å²) in [5.74, 6) is 0.430. The second-order valence-corrected chi connectivity index (χ2v) is 5.36. The normalized spacial score (nSPS) is 11.7. The lowest BCUT2D eigenvalue weighted by atomic mass is 10.1. The van der Waals surface area contributed by atoms with Crippen LogP contribution in [-0.2, 0) is 13.0 Å². The van der Waals surface area contributed by atoms with Gasteiger partial charge >= 0.3 is 0 Å². The van der Waals surface area contributed by atoms with Crippen molar-refractivity contribution in [3.05, 3.63) is 35.3 Å². The van der Waals surface area contributed by atoms with E-state index in [9.17, 15) is 4.39 Å². The number of hydrogen-bond donors (Lipinski definition) is 1. The topological polar surface area (TPSA) is 30.9 Å². The number of nitrogens with two attached hydrogens (primary N) is 1. The van der Waals surface area contributed by atoms with E-state index < -0.39 is 0 Å². The van der Waals surface area contributed by atoms with Gasteiger partial charge in [-0.25, -0.2) is 4.39 Å². The second kappa shape index (κ2) is 5.11. The van der Waals surface area contributed by atoms with Gasteiger partial charge < -0.3 is 10.3 Å². The van der Waals surface area contributed by atoms with Gasteiger partial charge in [-0.1, -0.05) is 13.8 Å². The van der Waals surface area contributed by atoms with Crippen molar-refractivity contribution in [3.8, 4) is 0 Å². The lowest BCUT2D eigenvalue weighted by Crippen LogP contribution is -2.04. The fourth-order valence-electron chi connectivity index (χ4n) is 2.39. The molecule has 0 radical (unpaired) electrons. The van der Waals surface area contributed by atoms with Crippen molar-refractivity contribution in [1.82, 2.24) is 4.57 Å². The van der Waals surface area contributed by atoms with Crippen LogP contribution in [0.25, 0.3) is 10.9 Å². The van der Waals surface area contributed by atoms with Crippen LogP contribution in [0, 0.1) is 18.7 Å². The van der Waals surface area contributed by atoms with Gasteiger partial charge in [-0.05, 0) is 49.1 Å². The predicted octanol–water partition coefficient (Wildman–Crippen LogP) is 3.25. The maximum absolute atomic E-state index is 13.7. The van der Waals surface area contributed by atoms with Crippen molar-refractivity contribution in [3.63, 3.8) is 0 Å². The minimum Gasteiger partial charge on any atom is -0.347 e. The first kappa shape index (κ1) is 13.1. The summed E-state index contributed by atoms with van der Waals surface area (Å²) in [6.07, 6.45) is 2.92. The molecule has 2 N–H and O–H groups in total. The highest BCUT2D eigenvalue weighted by atomic mass is 19.1. The monoisotopic (exact) mass is 248 g/mol. The molecule has 2 nitrogen and oxygen atoms in total. The Morgan fingerprint density at radius 3 is 2.67 bits per heavy atom. The molecule has 18 heavy (non-hydrogen) atoms. The quantitative estimate of drug-likeness (QED) is 0.884. The van der Waals surface area contributed by atoms with Gasteiger partial charge in [0.1, 0.15) is 5.82 Å². The summed E-state index contributed by atoms with van der Waals surface area (Å²) >= 11 is 0. The second-order valence-electron chi connectivity index (χ2n) is 5.36. The van der Waals surface area contributed by atoms with Crippen LogP contribution in [0.3, 0.4) is 0 Å². The average Bonchev–Trinajstić information content (AvgIpc) is 2.58. The van der Waals surface area contributed by atoms with E-state index >= 15 is 0 Å². The Hall–Kier alpha value is -1.35. The summed E-state index contributed by atoms with van der Waals surface area (Å²) in [5, 5.41) is 1.00. The minimum absolute atomic E-state index is 0.136. The molecule has 0 bridgehead atoms. The zero-order chi connectivity index (χ0) is 13.3. The maximum Gasteiger partial charge on any atom is 0.126 e. The van der Waals surface area contributed by atoms with Crippen LogP contribution in [0.1, 0.15) is 25.0 Å². The number of hydrogen-bond acceptors (Lipinski definition) is 1. The zero-order valence-electron chi connectivity index (χ0n) is 11.3. The number of nitrogens with zero attached hydrogens (tertiary/aromatic N) is 1. The number of fused-ring (bicyclic) bond motifs is 1. The van der Waals surface area contributed by atoms with Crippen LogP contribution in [0.15, 0.2) is 18.3 Å². The van der Waals surface area contributed by atoms with Crippen molar-refractivity contribution in [1.29, 1.82) is 0 Å². The zero-order valence-corrected chi connectivity index (χ0v) is 11.3. The number of aryl methyl sites for hydroxylation is 1. The van der Waals surface area contributed by atoms with Crippen molar-refractivity contribution in [2.75, 3.05) is 6.54 Å². The summed E-state index contributed by atoms with van der Waals surface area (Å²) in [4.78, 5) is 0. The molecule has 2 rings (SSSR count). The van der Waals surface area contributed by atoms with Crippen LogP contribution in [0.4, 0.5) is 4.39 Å². The molecular formula is C15H21FN2. The third-order valence-corrected chi connectivity index (χ3v) is 3.22. The molecule has 1 heterocycles. The molecule has 0 atom stereocenters. The molecule has 1 aromatic heterocycles. The molecule has 98 valence electrons. The molecule has 0 spiro atoms. The lowest BCUT2D eigenvalue weighted by molar-refractivity contribution is 0.534. The number of rotatable bonds is 4. The molecule has 0 saturated heterocycles. The summed E-state index contributed by atoms with van der Waals surface area (Å²) in [7, 11) is 0. The third-order valence-electron chi connectivity index (χ3n) is 3.22. The van der Waals surface area contributed by atoms with E-state index in [1.165, 1.54) is 0 Å². The maximum atomic E-state index is 13.7. The minimum atomic E-state index is -0.136. The SMILES string of the molecule is Cc1cc2c(cc1F)c(CCN)cn2CC(C)C. The van der Waals surface area contributed by atoms with Gasteiger partial charge in [0, 0.05) is 23.6 Å². The fourth-order valence-corrected chi connectivity index (χ4v) is 2.39. The standard InChI is InChI=1S/C15H21FN2/c1-10(2)8-18-9-12(4-5-17)13-7-14(16)11(3)6-15(13)18/h6-7,9-10H,4-5,8,17H2,1-3H3. The van der Waals surface area contributed by atoms with Gasteiger partial charge in [0.15, 0.2) is 0 Å². The molecule has 0 aliphatic rings. The molecule has 0 saturated carbocycles. The molecule has 2 aromatic rings. The summed E-state index contributed by atoms with van der Waals surface area (Å²) in [6, 6.07) is 3.58. The van der Waals surface area contributed by atoms with Crippen molar-refractivity contribution >= 4 is 10.9 Å². The highest BCUT2D eigenvalue weighted by Crippen LogP contribution is 2.25. The number of aromatic nitrogens is 1. The largest absolute Gasteiger partial charge is 0.347 e. The van der Waals surface area contributed by atoms with Crippen LogP contribution in [0.2, 0.25) is 0 Å². The Morgan fingerprint density at radius 2 is 2.06 bits per heavy atom. The van der Waals surface area contributed by atoms with E-state index in [1.807, 2.05) is 13.0 Å². The highest BCUT2D eigenvalue weighted by molar-refractivity contribution is 5.84. The average molecular weight is 248 g/mol. The summed E-state index contributed by atoms with van der Waals surface area (Å²) in [5.41, 5.74) is 8.59. The first-order valence-corrected chi connectivity index (χ1v) is 6.51. The number of halogens is 1. The van der Waals surface area contributed by atoms with Gasteiger partial charge in [0.05, 0.1) is 0 Å². The first-order valence-electron chi connectivity index (χ1n) is 6.51. The molecular weight excluding hydrogens is 227 g/mol. The molecule has 0 aliphatic heterocycles. The van der Waals surface area contributed by atoms with Crippen LogP contribution < -0.4 is 5.73 Å². The van der Waals surface area contributed by atoms with Gasteiger partial charge in [-0.2, -0.15) is 0 Å². The van der Waals surface area contributed by atoms with Gasteiger partial charge in [-0.3, -0.25) is 0 Å². The molecule has 0 fully saturated rings. The molecule has 0 aliphatic carbocycles. The molecule has 0 amide bonds. The van der Waals surface area contributed by atoms with Crippen LogP contribution in [-0.4, -0.2) is 11.1 Å². The third kappa shape index (κ3) is 2.41. The van der Waals surface area contributed by atoms with Gasteiger partial charge in [0.25, 0.3) is 0 Å². The smallest absolute Gasteiger partial charge is 0.126 e. The number of benzene rings is 1. The molecule has 3 heteroatoms. The Labute approximate surface area is 108 Å². The van der Waals surface area contributed by atoms with E-state index in [1.54, 1.807) is 6.07 Å². The Bertz CT molecular complexity index is 555. The van der Waals surface area contributed by atoms with Crippen molar-refractivity contribution in [2.24, 2.45) is 11.7 Å². The van der Waals surface area contributed by atoms with Gasteiger partial charge in [-0.15, -0.1) is 0 Å². The fraction of sp³-hybridized carbons (Fsp3) is 0.467. The molecule has 0 unspecified atom stereocenters. The van der Waals surface area contributed by atoms with Crippen molar-refractivity contribution in [2.45, 2.75) is 33.7 Å². The van der Waals surface area contributed by atoms with E-state index in [0.29, 0.717) is 18.0 Å². The van der Waals surface area contributed by atoms with Crippen molar-refractivity contribution < 1.29 is 4.39 Å². The van der Waals surface area contributed by atoms with E-state index in [4.69, 9.17) is 5.73 Å². The highest BCUT2D eigenvalue weighted by Gasteiger charge is 2.11. The molecule has 1 aromatic carbocycles. The summed E-state index contributed by atoms with van der Waals surface area (Å²) < 4.78 is 15.9. The Morgan fingerprint density at radius 1 is 1.33 bits per heavy atom. The van der Waals surface area contributed by atoms with E-state index in [0.717, 1.165) is 29.4 Å². The first-order chi connectivity index (χ1) is 8.52. The van der Waals surface area contributed by atoms with Crippen LogP contribution >= 0.6 is 0 Å². The Balaban J connectivity index is 2.60. The van der Waals surface area contributed by atoms with E-state index in [-0.39, 0.29) is 5.82 Å². The Kier molecular flexibility index (Phi) is 3.71. The lowest BCUT2D eigenvalue weighted by Gasteiger charge is -2.08.